The van der Waals surface area contributed by atoms with Crippen molar-refractivity contribution in [3.05, 3.63) is 113 Å². The highest BCUT2D eigenvalue weighted by molar-refractivity contribution is 6.30. The fourth-order valence-electron chi connectivity index (χ4n) is 3.93. The van der Waals surface area contributed by atoms with Crippen LogP contribution in [0.1, 0.15) is 36.1 Å². The summed E-state index contributed by atoms with van der Waals surface area (Å²) in [6, 6.07) is 26.7. The molecule has 0 fully saturated rings. The van der Waals surface area contributed by atoms with E-state index in [2.05, 4.69) is 22.8 Å². The van der Waals surface area contributed by atoms with Gasteiger partial charge in [0.05, 0.1) is 24.7 Å². The number of rotatable bonds is 9. The minimum atomic E-state index is -0.445. The maximum Gasteiger partial charge on any atom is 0.222 e. The van der Waals surface area contributed by atoms with Gasteiger partial charge in [0.15, 0.2) is 0 Å². The van der Waals surface area contributed by atoms with Crippen LogP contribution in [0.3, 0.4) is 0 Å². The minimum absolute atomic E-state index is 0.111. The zero-order valence-corrected chi connectivity index (χ0v) is 20.2. The van der Waals surface area contributed by atoms with Gasteiger partial charge in [0.1, 0.15) is 0 Å². The summed E-state index contributed by atoms with van der Waals surface area (Å²) >= 11 is 5.99. The van der Waals surface area contributed by atoms with Crippen molar-refractivity contribution in [1.82, 2.24) is 20.4 Å². The topological polar surface area (TPSA) is 76.0 Å². The summed E-state index contributed by atoms with van der Waals surface area (Å²) in [5, 5.41) is 11.3. The summed E-state index contributed by atoms with van der Waals surface area (Å²) in [4.78, 5) is 24.6. The molecule has 4 aromatic rings. The van der Waals surface area contributed by atoms with Gasteiger partial charge >= 0.3 is 0 Å². The van der Waals surface area contributed by atoms with E-state index in [9.17, 15) is 9.59 Å². The Balaban J connectivity index is 1.49. The average Bonchev–Trinajstić information content (AvgIpc) is 3.26. The van der Waals surface area contributed by atoms with Gasteiger partial charge in [-0.3, -0.25) is 14.3 Å². The van der Waals surface area contributed by atoms with Crippen LogP contribution < -0.4 is 10.6 Å². The molecule has 0 spiro atoms. The van der Waals surface area contributed by atoms with Crippen LogP contribution in [0.4, 0.5) is 0 Å². The smallest absolute Gasteiger partial charge is 0.222 e. The molecule has 7 heteroatoms. The molecular weight excluding hydrogens is 460 g/mol. The van der Waals surface area contributed by atoms with E-state index in [1.807, 2.05) is 71.5 Å². The number of halogens is 1. The Morgan fingerprint density at radius 2 is 1.60 bits per heavy atom. The quantitative estimate of drug-likeness (QED) is 0.344. The molecule has 1 heterocycles. The van der Waals surface area contributed by atoms with Crippen molar-refractivity contribution in [1.29, 1.82) is 0 Å². The molecule has 0 aliphatic carbocycles. The third kappa shape index (κ3) is 6.80. The number of amides is 2. The van der Waals surface area contributed by atoms with Crippen LogP contribution in [-0.2, 0) is 22.7 Å². The van der Waals surface area contributed by atoms with Crippen LogP contribution in [0.2, 0.25) is 5.02 Å². The summed E-state index contributed by atoms with van der Waals surface area (Å²) in [6.07, 6.45) is 2.08. The zero-order valence-electron chi connectivity index (χ0n) is 19.4. The zero-order chi connectivity index (χ0) is 24.6. The van der Waals surface area contributed by atoms with E-state index in [1.165, 1.54) is 6.92 Å². The minimum Gasteiger partial charge on any atom is -0.352 e. The Hall–Kier alpha value is -3.90. The van der Waals surface area contributed by atoms with Gasteiger partial charge in [0, 0.05) is 35.8 Å². The Morgan fingerprint density at radius 1 is 0.943 bits per heavy atom. The number of aromatic nitrogens is 2. The third-order valence-corrected chi connectivity index (χ3v) is 5.84. The first-order chi connectivity index (χ1) is 17.0. The lowest BCUT2D eigenvalue weighted by Gasteiger charge is -2.18. The highest BCUT2D eigenvalue weighted by Crippen LogP contribution is 2.23. The van der Waals surface area contributed by atoms with Gasteiger partial charge in [-0.15, -0.1) is 0 Å². The van der Waals surface area contributed by atoms with Gasteiger partial charge in [-0.25, -0.2) is 0 Å². The molecule has 2 N–H and O–H groups in total. The molecule has 6 nitrogen and oxygen atoms in total. The number of hydrogen-bond donors (Lipinski definition) is 2. The van der Waals surface area contributed by atoms with Crippen LogP contribution >= 0.6 is 11.6 Å². The predicted octanol–water partition coefficient (Wildman–Crippen LogP) is 5.14. The van der Waals surface area contributed by atoms with Gasteiger partial charge in [0.25, 0.3) is 0 Å². The fourth-order valence-corrected chi connectivity index (χ4v) is 4.05. The molecule has 0 aliphatic heterocycles. The largest absolute Gasteiger partial charge is 0.352 e. The van der Waals surface area contributed by atoms with Crippen LogP contribution in [0.15, 0.2) is 91.1 Å². The molecule has 2 amide bonds. The third-order valence-electron chi connectivity index (χ3n) is 5.59. The van der Waals surface area contributed by atoms with Gasteiger partial charge in [-0.1, -0.05) is 84.4 Å². The summed E-state index contributed by atoms with van der Waals surface area (Å²) in [5.41, 5.74) is 4.70. The normalized spacial score (nSPS) is 11.6. The van der Waals surface area contributed by atoms with Gasteiger partial charge in [-0.2, -0.15) is 5.10 Å². The molecule has 0 saturated carbocycles. The first kappa shape index (κ1) is 24.2. The maximum absolute atomic E-state index is 12.9. The Kier molecular flexibility index (Phi) is 7.95. The molecule has 0 bridgehead atoms. The maximum atomic E-state index is 12.9. The van der Waals surface area contributed by atoms with Crippen LogP contribution in [0.25, 0.3) is 11.3 Å². The molecule has 0 aliphatic rings. The van der Waals surface area contributed by atoms with Crippen molar-refractivity contribution in [3.63, 3.8) is 0 Å². The van der Waals surface area contributed by atoms with Crippen molar-refractivity contribution in [2.45, 2.75) is 32.5 Å². The number of benzene rings is 3. The molecular formula is C28H27ClN4O2. The first-order valence-electron chi connectivity index (χ1n) is 11.4. The Morgan fingerprint density at radius 3 is 2.26 bits per heavy atom. The van der Waals surface area contributed by atoms with E-state index in [1.54, 1.807) is 12.1 Å². The van der Waals surface area contributed by atoms with Crippen molar-refractivity contribution in [3.8, 4) is 11.3 Å². The lowest BCUT2D eigenvalue weighted by atomic mass is 10.0. The second kappa shape index (κ2) is 11.5. The van der Waals surface area contributed by atoms with E-state index in [-0.39, 0.29) is 18.2 Å². The molecule has 0 saturated heterocycles. The van der Waals surface area contributed by atoms with E-state index in [0.29, 0.717) is 18.1 Å². The number of hydrogen-bond acceptors (Lipinski definition) is 3. The average molecular weight is 487 g/mol. The molecule has 1 aromatic heterocycles. The van der Waals surface area contributed by atoms with Crippen molar-refractivity contribution >= 4 is 23.4 Å². The number of carbonyl (C=O) groups excluding carboxylic acids is 2. The van der Waals surface area contributed by atoms with Crippen molar-refractivity contribution < 1.29 is 9.59 Å². The molecule has 1 atom stereocenters. The molecule has 0 radical (unpaired) electrons. The first-order valence-corrected chi connectivity index (χ1v) is 11.8. The summed E-state index contributed by atoms with van der Waals surface area (Å²) < 4.78 is 1.90. The van der Waals surface area contributed by atoms with Crippen LogP contribution in [-0.4, -0.2) is 21.6 Å². The van der Waals surface area contributed by atoms with E-state index in [4.69, 9.17) is 16.7 Å². The van der Waals surface area contributed by atoms with E-state index < -0.39 is 6.04 Å². The van der Waals surface area contributed by atoms with E-state index >= 15 is 0 Å². The predicted molar refractivity (Wildman–Crippen MR) is 138 cm³/mol. The van der Waals surface area contributed by atoms with Crippen molar-refractivity contribution in [2.24, 2.45) is 0 Å². The standard InChI is InChI=1S/C28H27ClN4O2/c1-20(34)31-26(22-12-14-25(29)15-13-22)16-27(35)30-17-24-19-33(18-21-8-4-2-5-9-21)32-28(24)23-10-6-3-7-11-23/h2-15,19,26H,16-18H2,1H3,(H,30,35)(H,31,34). The lowest BCUT2D eigenvalue weighted by Crippen LogP contribution is -2.32. The summed E-state index contributed by atoms with van der Waals surface area (Å²) in [7, 11) is 0. The van der Waals surface area contributed by atoms with Crippen LogP contribution in [0, 0.1) is 0 Å². The van der Waals surface area contributed by atoms with Gasteiger partial charge in [0.2, 0.25) is 11.8 Å². The molecule has 178 valence electrons. The number of nitrogens with zero attached hydrogens (tertiary/aromatic N) is 2. The molecule has 1 unspecified atom stereocenters. The second-order valence-corrected chi connectivity index (χ2v) is 8.77. The number of carbonyl (C=O) groups is 2. The number of nitrogens with one attached hydrogen (secondary N) is 2. The van der Waals surface area contributed by atoms with Gasteiger partial charge < -0.3 is 10.6 Å². The highest BCUT2D eigenvalue weighted by atomic mass is 35.5. The second-order valence-electron chi connectivity index (χ2n) is 8.34. The van der Waals surface area contributed by atoms with Gasteiger partial charge in [-0.05, 0) is 23.3 Å². The monoisotopic (exact) mass is 486 g/mol. The van der Waals surface area contributed by atoms with Crippen molar-refractivity contribution in [2.75, 3.05) is 0 Å². The highest BCUT2D eigenvalue weighted by Gasteiger charge is 2.18. The lowest BCUT2D eigenvalue weighted by molar-refractivity contribution is -0.122. The Bertz CT molecular complexity index is 1270. The molecule has 35 heavy (non-hydrogen) atoms. The Labute approximate surface area is 209 Å². The SMILES string of the molecule is CC(=O)NC(CC(=O)NCc1cn(Cc2ccccc2)nc1-c1ccccc1)c1ccc(Cl)cc1. The summed E-state index contributed by atoms with van der Waals surface area (Å²) in [5.74, 6) is -0.375. The summed E-state index contributed by atoms with van der Waals surface area (Å²) in [6.45, 7) is 2.40. The van der Waals surface area contributed by atoms with Crippen LogP contribution in [0.5, 0.6) is 0 Å². The van der Waals surface area contributed by atoms with E-state index in [0.717, 1.165) is 27.9 Å². The molecule has 4 rings (SSSR count). The molecule has 3 aromatic carbocycles. The fraction of sp³-hybridized carbons (Fsp3) is 0.179.